The van der Waals surface area contributed by atoms with E-state index in [0.29, 0.717) is 34.3 Å². The van der Waals surface area contributed by atoms with Crippen LogP contribution in [0.1, 0.15) is 12.7 Å². The molecule has 0 bridgehead atoms. The minimum absolute atomic E-state index is 0.329. The van der Waals surface area contributed by atoms with Gasteiger partial charge in [0.05, 0.1) is 5.69 Å². The SMILES string of the molecule is CCc1nc(N)cc(-c2cc(F)cc(Cl)c2)n1. The number of aryl methyl sites for hydroxylation is 1. The Morgan fingerprint density at radius 1 is 1.24 bits per heavy atom. The minimum Gasteiger partial charge on any atom is -0.384 e. The average Bonchev–Trinajstić information content (AvgIpc) is 2.26. The van der Waals surface area contributed by atoms with Crippen LogP contribution in [-0.4, -0.2) is 9.97 Å². The molecule has 0 aliphatic carbocycles. The molecule has 88 valence electrons. The van der Waals surface area contributed by atoms with Crippen molar-refractivity contribution >= 4 is 17.4 Å². The summed E-state index contributed by atoms with van der Waals surface area (Å²) < 4.78 is 13.2. The van der Waals surface area contributed by atoms with Crippen molar-refractivity contribution in [2.75, 3.05) is 5.73 Å². The van der Waals surface area contributed by atoms with E-state index in [0.717, 1.165) is 0 Å². The molecule has 3 nitrogen and oxygen atoms in total. The van der Waals surface area contributed by atoms with E-state index < -0.39 is 5.82 Å². The zero-order chi connectivity index (χ0) is 12.4. The summed E-state index contributed by atoms with van der Waals surface area (Å²) in [4.78, 5) is 8.35. The first-order chi connectivity index (χ1) is 8.08. The molecule has 5 heteroatoms. The molecule has 0 aliphatic rings. The highest BCUT2D eigenvalue weighted by atomic mass is 35.5. The quantitative estimate of drug-likeness (QED) is 0.892. The lowest BCUT2D eigenvalue weighted by Crippen LogP contribution is -2.00. The number of hydrogen-bond acceptors (Lipinski definition) is 3. The lowest BCUT2D eigenvalue weighted by Gasteiger charge is -2.05. The fourth-order valence-corrected chi connectivity index (χ4v) is 1.75. The summed E-state index contributed by atoms with van der Waals surface area (Å²) in [5.41, 5.74) is 6.85. The van der Waals surface area contributed by atoms with Crippen molar-refractivity contribution in [3.05, 3.63) is 40.9 Å². The molecule has 1 aromatic carbocycles. The highest BCUT2D eigenvalue weighted by Gasteiger charge is 2.06. The summed E-state index contributed by atoms with van der Waals surface area (Å²) in [5.74, 6) is 0.593. The van der Waals surface area contributed by atoms with E-state index in [1.165, 1.54) is 12.1 Å². The van der Waals surface area contributed by atoms with Crippen LogP contribution in [0, 0.1) is 5.82 Å². The van der Waals surface area contributed by atoms with Crippen LogP contribution in [0.4, 0.5) is 10.2 Å². The number of hydrogen-bond donors (Lipinski definition) is 1. The third kappa shape index (κ3) is 2.71. The Kier molecular flexibility index (Phi) is 3.24. The van der Waals surface area contributed by atoms with Gasteiger partial charge in [0.1, 0.15) is 17.5 Å². The van der Waals surface area contributed by atoms with Gasteiger partial charge in [-0.25, -0.2) is 14.4 Å². The van der Waals surface area contributed by atoms with E-state index in [1.54, 1.807) is 12.1 Å². The number of anilines is 1. The molecule has 0 atom stereocenters. The van der Waals surface area contributed by atoms with Crippen LogP contribution < -0.4 is 5.73 Å². The second-order valence-corrected chi connectivity index (χ2v) is 4.04. The predicted molar refractivity (Wildman–Crippen MR) is 66.2 cm³/mol. The van der Waals surface area contributed by atoms with Gasteiger partial charge < -0.3 is 5.73 Å². The number of nitrogens with zero attached hydrogens (tertiary/aromatic N) is 2. The van der Waals surface area contributed by atoms with E-state index in [-0.39, 0.29) is 0 Å². The molecule has 17 heavy (non-hydrogen) atoms. The fraction of sp³-hybridized carbons (Fsp3) is 0.167. The van der Waals surface area contributed by atoms with Gasteiger partial charge in [-0.15, -0.1) is 0 Å². The molecule has 2 aromatic rings. The monoisotopic (exact) mass is 251 g/mol. The van der Waals surface area contributed by atoms with Crippen molar-refractivity contribution in [1.82, 2.24) is 9.97 Å². The van der Waals surface area contributed by atoms with E-state index >= 15 is 0 Å². The van der Waals surface area contributed by atoms with Crippen LogP contribution in [0.3, 0.4) is 0 Å². The van der Waals surface area contributed by atoms with Gasteiger partial charge in [0.25, 0.3) is 0 Å². The topological polar surface area (TPSA) is 51.8 Å². The maximum Gasteiger partial charge on any atom is 0.131 e. The standard InChI is InChI=1S/C12H11ClFN3/c1-2-12-16-10(6-11(15)17-12)7-3-8(13)5-9(14)4-7/h3-6H,2H2,1H3,(H2,15,16,17). The van der Waals surface area contributed by atoms with Crippen molar-refractivity contribution in [3.8, 4) is 11.3 Å². The number of halogens is 2. The molecule has 2 rings (SSSR count). The van der Waals surface area contributed by atoms with Gasteiger partial charge in [-0.05, 0) is 18.2 Å². The lowest BCUT2D eigenvalue weighted by atomic mass is 10.1. The van der Waals surface area contributed by atoms with Crippen LogP contribution >= 0.6 is 11.6 Å². The molecule has 1 aromatic heterocycles. The zero-order valence-electron chi connectivity index (χ0n) is 9.24. The zero-order valence-corrected chi connectivity index (χ0v) is 10.0. The Labute approximate surface area is 103 Å². The maximum atomic E-state index is 13.2. The predicted octanol–water partition coefficient (Wildman–Crippen LogP) is 3.08. The van der Waals surface area contributed by atoms with Crippen molar-refractivity contribution in [2.45, 2.75) is 13.3 Å². The molecule has 2 N–H and O–H groups in total. The van der Waals surface area contributed by atoms with Crippen molar-refractivity contribution in [3.63, 3.8) is 0 Å². The molecule has 0 amide bonds. The van der Waals surface area contributed by atoms with Gasteiger partial charge in [0.2, 0.25) is 0 Å². The summed E-state index contributed by atoms with van der Waals surface area (Å²) in [6.45, 7) is 1.93. The Morgan fingerprint density at radius 3 is 2.65 bits per heavy atom. The molecule has 0 aliphatic heterocycles. The third-order valence-electron chi connectivity index (χ3n) is 2.27. The molecule has 1 heterocycles. The molecule has 0 spiro atoms. The molecule has 0 saturated carbocycles. The number of aromatic nitrogens is 2. The fourth-order valence-electron chi connectivity index (χ4n) is 1.53. The van der Waals surface area contributed by atoms with Crippen LogP contribution in [-0.2, 0) is 6.42 Å². The first kappa shape index (κ1) is 11.8. The third-order valence-corrected chi connectivity index (χ3v) is 2.49. The first-order valence-corrected chi connectivity index (χ1v) is 5.56. The Bertz CT molecular complexity index is 537. The first-order valence-electron chi connectivity index (χ1n) is 5.18. The van der Waals surface area contributed by atoms with Crippen molar-refractivity contribution < 1.29 is 4.39 Å². The highest BCUT2D eigenvalue weighted by Crippen LogP contribution is 2.24. The van der Waals surface area contributed by atoms with E-state index in [1.807, 2.05) is 6.92 Å². The van der Waals surface area contributed by atoms with Crippen molar-refractivity contribution in [1.29, 1.82) is 0 Å². The van der Waals surface area contributed by atoms with Gasteiger partial charge in [-0.1, -0.05) is 18.5 Å². The van der Waals surface area contributed by atoms with Gasteiger partial charge >= 0.3 is 0 Å². The van der Waals surface area contributed by atoms with E-state index in [2.05, 4.69) is 9.97 Å². The van der Waals surface area contributed by atoms with Crippen molar-refractivity contribution in [2.24, 2.45) is 0 Å². The largest absolute Gasteiger partial charge is 0.384 e. The summed E-state index contributed by atoms with van der Waals surface area (Å²) in [7, 11) is 0. The number of nitrogen functional groups attached to an aromatic ring is 1. The summed E-state index contributed by atoms with van der Waals surface area (Å²) >= 11 is 5.80. The van der Waals surface area contributed by atoms with Crippen LogP contribution in [0.15, 0.2) is 24.3 Å². The maximum absolute atomic E-state index is 13.2. The average molecular weight is 252 g/mol. The summed E-state index contributed by atoms with van der Waals surface area (Å²) in [5, 5.41) is 0.329. The van der Waals surface area contributed by atoms with E-state index in [4.69, 9.17) is 17.3 Å². The van der Waals surface area contributed by atoms with Gasteiger partial charge in [0, 0.05) is 23.1 Å². The van der Waals surface area contributed by atoms with Gasteiger partial charge in [0.15, 0.2) is 0 Å². The van der Waals surface area contributed by atoms with E-state index in [9.17, 15) is 4.39 Å². The number of benzene rings is 1. The number of nitrogens with two attached hydrogens (primary N) is 1. The second kappa shape index (κ2) is 4.67. The molecule has 0 unspecified atom stereocenters. The highest BCUT2D eigenvalue weighted by molar-refractivity contribution is 6.30. The summed E-state index contributed by atoms with van der Waals surface area (Å²) in [6.07, 6.45) is 0.668. The van der Waals surface area contributed by atoms with Crippen LogP contribution in [0.2, 0.25) is 5.02 Å². The van der Waals surface area contributed by atoms with Gasteiger partial charge in [-0.3, -0.25) is 0 Å². The summed E-state index contributed by atoms with van der Waals surface area (Å²) in [6, 6.07) is 5.86. The molecule has 0 saturated heterocycles. The Balaban J connectivity index is 2.55. The van der Waals surface area contributed by atoms with Gasteiger partial charge in [-0.2, -0.15) is 0 Å². The van der Waals surface area contributed by atoms with Crippen LogP contribution in [0.5, 0.6) is 0 Å². The van der Waals surface area contributed by atoms with Crippen LogP contribution in [0.25, 0.3) is 11.3 Å². The molecule has 0 fully saturated rings. The molecular formula is C12H11ClFN3. The minimum atomic E-state index is -0.400. The Hall–Kier alpha value is -1.68. The number of rotatable bonds is 2. The Morgan fingerprint density at radius 2 is 2.00 bits per heavy atom. The second-order valence-electron chi connectivity index (χ2n) is 3.61. The molecule has 0 radical (unpaired) electrons. The smallest absolute Gasteiger partial charge is 0.131 e. The lowest BCUT2D eigenvalue weighted by molar-refractivity contribution is 0.628. The normalized spacial score (nSPS) is 10.5. The molecular weight excluding hydrogens is 241 g/mol.